The van der Waals surface area contributed by atoms with Crippen LogP contribution in [0.3, 0.4) is 0 Å². The van der Waals surface area contributed by atoms with E-state index in [2.05, 4.69) is 27.7 Å². The summed E-state index contributed by atoms with van der Waals surface area (Å²) < 4.78 is 4.87. The fraction of sp³-hybridized carbons (Fsp3) is 0.357. The lowest BCUT2D eigenvalue weighted by Crippen LogP contribution is -2.26. The van der Waals surface area contributed by atoms with Crippen LogP contribution < -0.4 is 10.6 Å². The van der Waals surface area contributed by atoms with Crippen molar-refractivity contribution < 1.29 is 9.32 Å². The normalized spacial score (nSPS) is 10.2. The minimum atomic E-state index is -0.108. The fourth-order valence-corrected chi connectivity index (χ4v) is 1.78. The molecule has 0 radical (unpaired) electrons. The molecule has 1 aromatic heterocycles. The number of para-hydroxylation sites is 1. The third kappa shape index (κ3) is 3.81. The summed E-state index contributed by atoms with van der Waals surface area (Å²) in [7, 11) is 0. The Morgan fingerprint density at radius 1 is 1.30 bits per heavy atom. The Labute approximate surface area is 117 Å². The van der Waals surface area contributed by atoms with Gasteiger partial charge in [-0.2, -0.15) is 4.98 Å². The molecular weight excluding hydrogens is 256 g/mol. The topological polar surface area (TPSA) is 80.0 Å². The van der Waals surface area contributed by atoms with E-state index in [0.29, 0.717) is 24.4 Å². The number of nitrogens with zero attached hydrogens (tertiary/aromatic N) is 2. The van der Waals surface area contributed by atoms with E-state index < -0.39 is 0 Å². The number of aromatic nitrogens is 2. The van der Waals surface area contributed by atoms with Crippen LogP contribution in [0.15, 0.2) is 35.1 Å². The molecule has 0 spiro atoms. The van der Waals surface area contributed by atoms with Gasteiger partial charge >= 0.3 is 0 Å². The number of nitrogens with one attached hydrogen (secondary N) is 2. The molecule has 2 rings (SSSR count). The van der Waals surface area contributed by atoms with Crippen LogP contribution in [0, 0.1) is 0 Å². The Morgan fingerprint density at radius 2 is 2.15 bits per heavy atom. The molecule has 0 saturated heterocycles. The molecule has 0 aliphatic carbocycles. The maximum absolute atomic E-state index is 12.1. The summed E-state index contributed by atoms with van der Waals surface area (Å²) in [5.74, 6) is 0.409. The van der Waals surface area contributed by atoms with Crippen molar-refractivity contribution >= 4 is 11.6 Å². The molecule has 6 heteroatoms. The van der Waals surface area contributed by atoms with Crippen LogP contribution in [0.5, 0.6) is 0 Å². The number of carbonyl (C=O) groups excluding carboxylic acids is 1. The van der Waals surface area contributed by atoms with Crippen molar-refractivity contribution in [3.8, 4) is 0 Å². The van der Waals surface area contributed by atoms with Crippen molar-refractivity contribution in [2.24, 2.45) is 0 Å². The number of anilines is 1. The van der Waals surface area contributed by atoms with Crippen LogP contribution in [-0.2, 0) is 6.42 Å². The van der Waals surface area contributed by atoms with E-state index in [9.17, 15) is 4.79 Å². The van der Waals surface area contributed by atoms with Crippen molar-refractivity contribution in [1.82, 2.24) is 15.5 Å². The minimum Gasteiger partial charge on any atom is -0.384 e. The molecule has 1 aromatic carbocycles. The van der Waals surface area contributed by atoms with Crippen LogP contribution in [0.4, 0.5) is 5.69 Å². The average Bonchev–Trinajstić information content (AvgIpc) is 2.98. The van der Waals surface area contributed by atoms with Gasteiger partial charge in [-0.1, -0.05) is 24.2 Å². The summed E-state index contributed by atoms with van der Waals surface area (Å²) in [5, 5.41) is 9.61. The second-order valence-electron chi connectivity index (χ2n) is 4.31. The summed E-state index contributed by atoms with van der Waals surface area (Å²) >= 11 is 0. The Balaban J connectivity index is 1.91. The van der Waals surface area contributed by atoms with Crippen LogP contribution in [0.2, 0.25) is 0 Å². The number of hydrogen-bond acceptors (Lipinski definition) is 5. The number of hydrogen-bond donors (Lipinski definition) is 2. The molecule has 0 saturated carbocycles. The molecule has 0 aliphatic rings. The van der Waals surface area contributed by atoms with Gasteiger partial charge in [-0.25, -0.2) is 0 Å². The van der Waals surface area contributed by atoms with Gasteiger partial charge < -0.3 is 15.2 Å². The van der Waals surface area contributed by atoms with E-state index in [1.165, 1.54) is 6.33 Å². The summed E-state index contributed by atoms with van der Waals surface area (Å²) in [6.07, 6.45) is 2.88. The smallest absolute Gasteiger partial charge is 0.253 e. The Morgan fingerprint density at radius 3 is 2.90 bits per heavy atom. The molecule has 0 atom stereocenters. The maximum atomic E-state index is 12.1. The van der Waals surface area contributed by atoms with Crippen LogP contribution >= 0.6 is 0 Å². The molecule has 1 amide bonds. The number of carbonyl (C=O) groups is 1. The van der Waals surface area contributed by atoms with E-state index in [0.717, 1.165) is 18.7 Å². The molecule has 1 heterocycles. The van der Waals surface area contributed by atoms with E-state index in [4.69, 9.17) is 4.52 Å². The first kappa shape index (κ1) is 14.0. The lowest BCUT2D eigenvalue weighted by Gasteiger charge is -2.11. The number of benzene rings is 1. The monoisotopic (exact) mass is 274 g/mol. The Kier molecular flexibility index (Phi) is 5.11. The molecule has 20 heavy (non-hydrogen) atoms. The van der Waals surface area contributed by atoms with E-state index in [1.807, 2.05) is 18.2 Å². The SMILES string of the molecule is CCCNc1ccccc1C(=O)NCCc1ncno1. The second kappa shape index (κ2) is 7.28. The van der Waals surface area contributed by atoms with Gasteiger partial charge in [0, 0.05) is 25.2 Å². The van der Waals surface area contributed by atoms with Crippen LogP contribution in [-0.4, -0.2) is 29.1 Å². The minimum absolute atomic E-state index is 0.108. The zero-order valence-corrected chi connectivity index (χ0v) is 11.4. The highest BCUT2D eigenvalue weighted by atomic mass is 16.5. The van der Waals surface area contributed by atoms with Gasteiger partial charge in [0.1, 0.15) is 0 Å². The third-order valence-corrected chi connectivity index (χ3v) is 2.77. The second-order valence-corrected chi connectivity index (χ2v) is 4.31. The van der Waals surface area contributed by atoms with Crippen LogP contribution in [0.25, 0.3) is 0 Å². The Hall–Kier alpha value is -2.37. The van der Waals surface area contributed by atoms with Gasteiger partial charge in [-0.05, 0) is 18.6 Å². The number of rotatable bonds is 7. The van der Waals surface area contributed by atoms with Crippen molar-refractivity contribution in [1.29, 1.82) is 0 Å². The van der Waals surface area contributed by atoms with Crippen molar-refractivity contribution in [2.75, 3.05) is 18.4 Å². The predicted molar refractivity (Wildman–Crippen MR) is 75.6 cm³/mol. The zero-order valence-electron chi connectivity index (χ0n) is 11.4. The molecule has 0 fully saturated rings. The molecule has 2 N–H and O–H groups in total. The lowest BCUT2D eigenvalue weighted by molar-refractivity contribution is 0.0954. The lowest BCUT2D eigenvalue weighted by atomic mass is 10.1. The molecule has 0 bridgehead atoms. The molecule has 0 unspecified atom stereocenters. The third-order valence-electron chi connectivity index (χ3n) is 2.77. The van der Waals surface area contributed by atoms with Gasteiger partial charge in [-0.15, -0.1) is 0 Å². The quantitative estimate of drug-likeness (QED) is 0.805. The van der Waals surface area contributed by atoms with E-state index in [1.54, 1.807) is 6.07 Å². The van der Waals surface area contributed by atoms with Gasteiger partial charge in [0.2, 0.25) is 5.89 Å². The standard InChI is InChI=1S/C14H18N4O2/c1-2-8-15-12-6-4-3-5-11(12)14(19)16-9-7-13-17-10-18-20-13/h3-6,10,15H,2,7-9H2,1H3,(H,16,19). The first-order chi connectivity index (χ1) is 9.81. The first-order valence-electron chi connectivity index (χ1n) is 6.68. The molecule has 2 aromatic rings. The van der Waals surface area contributed by atoms with Gasteiger partial charge in [0.15, 0.2) is 6.33 Å². The summed E-state index contributed by atoms with van der Waals surface area (Å²) in [5.41, 5.74) is 1.50. The first-order valence-corrected chi connectivity index (χ1v) is 6.68. The highest BCUT2D eigenvalue weighted by Crippen LogP contribution is 2.14. The highest BCUT2D eigenvalue weighted by Gasteiger charge is 2.10. The average molecular weight is 274 g/mol. The Bertz CT molecular complexity index is 540. The van der Waals surface area contributed by atoms with Crippen molar-refractivity contribution in [3.63, 3.8) is 0 Å². The predicted octanol–water partition coefficient (Wildman–Crippen LogP) is 1.86. The van der Waals surface area contributed by atoms with E-state index >= 15 is 0 Å². The summed E-state index contributed by atoms with van der Waals surface area (Å²) in [4.78, 5) is 16.0. The number of amides is 1. The van der Waals surface area contributed by atoms with E-state index in [-0.39, 0.29) is 5.91 Å². The van der Waals surface area contributed by atoms with Gasteiger partial charge in [0.05, 0.1) is 5.56 Å². The van der Waals surface area contributed by atoms with Gasteiger partial charge in [0.25, 0.3) is 5.91 Å². The maximum Gasteiger partial charge on any atom is 0.253 e. The van der Waals surface area contributed by atoms with Gasteiger partial charge in [-0.3, -0.25) is 4.79 Å². The van der Waals surface area contributed by atoms with Crippen LogP contribution in [0.1, 0.15) is 29.6 Å². The van der Waals surface area contributed by atoms with Crippen molar-refractivity contribution in [2.45, 2.75) is 19.8 Å². The molecule has 6 nitrogen and oxygen atoms in total. The highest BCUT2D eigenvalue weighted by molar-refractivity contribution is 5.99. The van der Waals surface area contributed by atoms with Crippen molar-refractivity contribution in [3.05, 3.63) is 42.0 Å². The molecule has 106 valence electrons. The largest absolute Gasteiger partial charge is 0.384 e. The molecular formula is C14H18N4O2. The zero-order chi connectivity index (χ0) is 14.2. The summed E-state index contributed by atoms with van der Waals surface area (Å²) in [6.45, 7) is 3.38. The fourth-order valence-electron chi connectivity index (χ4n) is 1.78. The summed E-state index contributed by atoms with van der Waals surface area (Å²) in [6, 6.07) is 7.47. The molecule has 0 aliphatic heterocycles.